The normalized spacial score (nSPS) is 11.9. The minimum absolute atomic E-state index is 0.187. The molecule has 0 saturated carbocycles. The third-order valence-corrected chi connectivity index (χ3v) is 4.70. The summed E-state index contributed by atoms with van der Waals surface area (Å²) in [5.74, 6) is 2.21. The highest BCUT2D eigenvalue weighted by atomic mass is 16.7. The summed E-state index contributed by atoms with van der Waals surface area (Å²) in [7, 11) is 0. The highest BCUT2D eigenvalue weighted by Gasteiger charge is 2.18. The van der Waals surface area contributed by atoms with Crippen LogP contribution in [0, 0.1) is 0 Å². The molecule has 0 saturated heterocycles. The summed E-state index contributed by atoms with van der Waals surface area (Å²) < 4.78 is 10.7. The van der Waals surface area contributed by atoms with Crippen molar-refractivity contribution in [2.45, 2.75) is 13.8 Å². The first-order valence-electron chi connectivity index (χ1n) is 9.58. The molecular weight excluding hydrogens is 368 g/mol. The minimum Gasteiger partial charge on any atom is -0.454 e. The molecule has 2 aromatic carbocycles. The number of hydrogen-bond acceptors (Lipinski definition) is 6. The molecule has 1 aromatic heterocycles. The van der Waals surface area contributed by atoms with Gasteiger partial charge in [0.15, 0.2) is 17.3 Å². The average Bonchev–Trinajstić information content (AvgIpc) is 3.23. The van der Waals surface area contributed by atoms with Crippen molar-refractivity contribution in [1.82, 2.24) is 9.97 Å². The van der Waals surface area contributed by atoms with E-state index in [9.17, 15) is 4.79 Å². The van der Waals surface area contributed by atoms with E-state index in [0.29, 0.717) is 28.7 Å². The van der Waals surface area contributed by atoms with Crippen molar-refractivity contribution >= 4 is 17.4 Å². The van der Waals surface area contributed by atoms with E-state index in [1.807, 2.05) is 30.3 Å². The predicted octanol–water partition coefficient (Wildman–Crippen LogP) is 3.97. The van der Waals surface area contributed by atoms with Crippen molar-refractivity contribution in [2.75, 3.05) is 30.1 Å². The molecule has 7 heteroatoms. The summed E-state index contributed by atoms with van der Waals surface area (Å²) in [6, 6.07) is 16.7. The number of nitrogens with one attached hydrogen (secondary N) is 1. The van der Waals surface area contributed by atoms with Gasteiger partial charge >= 0.3 is 0 Å². The van der Waals surface area contributed by atoms with Crippen LogP contribution in [0.2, 0.25) is 0 Å². The van der Waals surface area contributed by atoms with Crippen molar-refractivity contribution in [3.05, 3.63) is 60.3 Å². The van der Waals surface area contributed by atoms with Gasteiger partial charge in [-0.05, 0) is 26.0 Å². The van der Waals surface area contributed by atoms with Crippen molar-refractivity contribution in [3.8, 4) is 22.9 Å². The molecule has 1 aliphatic rings. The van der Waals surface area contributed by atoms with Crippen molar-refractivity contribution in [2.24, 2.45) is 0 Å². The molecule has 0 atom stereocenters. The molecule has 7 nitrogen and oxygen atoms in total. The van der Waals surface area contributed by atoms with Crippen LogP contribution in [0.15, 0.2) is 54.6 Å². The van der Waals surface area contributed by atoms with E-state index >= 15 is 0 Å². The van der Waals surface area contributed by atoms with E-state index in [1.165, 1.54) is 0 Å². The van der Waals surface area contributed by atoms with Gasteiger partial charge in [0.25, 0.3) is 5.91 Å². The van der Waals surface area contributed by atoms with Crippen LogP contribution in [0.1, 0.15) is 24.3 Å². The predicted molar refractivity (Wildman–Crippen MR) is 112 cm³/mol. The zero-order valence-corrected chi connectivity index (χ0v) is 16.4. The summed E-state index contributed by atoms with van der Waals surface area (Å²) >= 11 is 0. The largest absolute Gasteiger partial charge is 0.454 e. The first kappa shape index (κ1) is 18.7. The fraction of sp³-hybridized carbons (Fsp3) is 0.227. The molecule has 0 fully saturated rings. The molecule has 0 radical (unpaired) electrons. The standard InChI is InChI=1S/C22H22N4O3/c1-3-26(4-2)20-13-17(24-21(25-20)15-8-6-5-7-9-15)22(27)23-16-10-11-18-19(12-16)29-14-28-18/h5-13H,3-4,14H2,1-2H3,(H,23,27). The van der Waals surface area contributed by atoms with Crippen molar-refractivity contribution < 1.29 is 14.3 Å². The minimum atomic E-state index is -0.308. The summed E-state index contributed by atoms with van der Waals surface area (Å²) in [5.41, 5.74) is 1.78. The molecule has 3 aromatic rings. The van der Waals surface area contributed by atoms with Gasteiger partial charge in [-0.1, -0.05) is 30.3 Å². The van der Waals surface area contributed by atoms with Crippen LogP contribution in [-0.2, 0) is 0 Å². The monoisotopic (exact) mass is 390 g/mol. The molecule has 0 spiro atoms. The lowest BCUT2D eigenvalue weighted by atomic mass is 10.2. The lowest BCUT2D eigenvalue weighted by Crippen LogP contribution is -2.24. The van der Waals surface area contributed by atoms with Gasteiger partial charge in [-0.2, -0.15) is 0 Å². The molecule has 29 heavy (non-hydrogen) atoms. The van der Waals surface area contributed by atoms with Crippen LogP contribution >= 0.6 is 0 Å². The van der Waals surface area contributed by atoms with Crippen LogP contribution in [0.4, 0.5) is 11.5 Å². The number of benzene rings is 2. The lowest BCUT2D eigenvalue weighted by Gasteiger charge is -2.21. The summed E-state index contributed by atoms with van der Waals surface area (Å²) in [6.07, 6.45) is 0. The van der Waals surface area contributed by atoms with Crippen LogP contribution in [0.5, 0.6) is 11.5 Å². The third kappa shape index (κ3) is 3.99. The first-order valence-corrected chi connectivity index (χ1v) is 9.58. The zero-order valence-electron chi connectivity index (χ0n) is 16.4. The van der Waals surface area contributed by atoms with Gasteiger partial charge < -0.3 is 19.7 Å². The molecule has 1 N–H and O–H groups in total. The Morgan fingerprint density at radius 1 is 1.00 bits per heavy atom. The van der Waals surface area contributed by atoms with E-state index in [2.05, 4.69) is 34.0 Å². The topological polar surface area (TPSA) is 76.6 Å². The summed E-state index contributed by atoms with van der Waals surface area (Å²) in [4.78, 5) is 24.2. The Balaban J connectivity index is 1.67. The Morgan fingerprint density at radius 3 is 2.52 bits per heavy atom. The summed E-state index contributed by atoms with van der Waals surface area (Å²) in [5, 5.41) is 2.89. The van der Waals surface area contributed by atoms with Gasteiger partial charge in [0.05, 0.1) is 0 Å². The number of rotatable bonds is 6. The molecule has 1 amide bonds. The molecule has 0 bridgehead atoms. The highest BCUT2D eigenvalue weighted by molar-refractivity contribution is 6.03. The maximum Gasteiger partial charge on any atom is 0.274 e. The SMILES string of the molecule is CCN(CC)c1cc(C(=O)Nc2ccc3c(c2)OCO3)nc(-c2ccccc2)n1. The zero-order chi connectivity index (χ0) is 20.2. The Kier molecular flexibility index (Phi) is 5.29. The maximum absolute atomic E-state index is 13.0. The number of ether oxygens (including phenoxy) is 2. The molecule has 0 unspecified atom stereocenters. The van der Waals surface area contributed by atoms with Gasteiger partial charge in [0, 0.05) is 36.5 Å². The molecule has 2 heterocycles. The third-order valence-electron chi connectivity index (χ3n) is 4.70. The average molecular weight is 390 g/mol. The molecule has 1 aliphatic heterocycles. The van der Waals surface area contributed by atoms with Crippen LogP contribution < -0.4 is 19.7 Å². The van der Waals surface area contributed by atoms with Crippen LogP contribution in [0.25, 0.3) is 11.4 Å². The number of aromatic nitrogens is 2. The highest BCUT2D eigenvalue weighted by Crippen LogP contribution is 2.34. The van der Waals surface area contributed by atoms with E-state index < -0.39 is 0 Å². The number of nitrogens with zero attached hydrogens (tertiary/aromatic N) is 3. The Bertz CT molecular complexity index is 1020. The van der Waals surface area contributed by atoms with E-state index in [0.717, 1.165) is 24.5 Å². The molecule has 4 rings (SSSR count). The molecular formula is C22H22N4O3. The van der Waals surface area contributed by atoms with Gasteiger partial charge in [-0.3, -0.25) is 4.79 Å². The fourth-order valence-corrected chi connectivity index (χ4v) is 3.15. The van der Waals surface area contributed by atoms with Gasteiger partial charge in [0.2, 0.25) is 6.79 Å². The lowest BCUT2D eigenvalue weighted by molar-refractivity contribution is 0.102. The van der Waals surface area contributed by atoms with Gasteiger partial charge in [-0.25, -0.2) is 9.97 Å². The number of hydrogen-bond donors (Lipinski definition) is 1. The second kappa shape index (κ2) is 8.18. The Labute approximate surface area is 169 Å². The Hall–Kier alpha value is -3.61. The number of carbonyl (C=O) groups excluding carboxylic acids is 1. The first-order chi connectivity index (χ1) is 14.2. The summed E-state index contributed by atoms with van der Waals surface area (Å²) in [6.45, 7) is 5.86. The van der Waals surface area contributed by atoms with E-state index in [1.54, 1.807) is 24.3 Å². The Morgan fingerprint density at radius 2 is 1.76 bits per heavy atom. The number of amides is 1. The van der Waals surface area contributed by atoms with Crippen LogP contribution in [0.3, 0.4) is 0 Å². The number of anilines is 2. The van der Waals surface area contributed by atoms with E-state index in [4.69, 9.17) is 9.47 Å². The maximum atomic E-state index is 13.0. The van der Waals surface area contributed by atoms with Crippen molar-refractivity contribution in [1.29, 1.82) is 0 Å². The van der Waals surface area contributed by atoms with Crippen molar-refractivity contribution in [3.63, 3.8) is 0 Å². The fourth-order valence-electron chi connectivity index (χ4n) is 3.15. The van der Waals surface area contributed by atoms with E-state index in [-0.39, 0.29) is 12.7 Å². The van der Waals surface area contributed by atoms with Gasteiger partial charge in [-0.15, -0.1) is 0 Å². The second-order valence-electron chi connectivity index (χ2n) is 6.50. The number of carbonyl (C=O) groups is 1. The molecule has 148 valence electrons. The quantitative estimate of drug-likeness (QED) is 0.686. The molecule has 0 aliphatic carbocycles. The second-order valence-corrected chi connectivity index (χ2v) is 6.50. The van der Waals surface area contributed by atoms with Crippen LogP contribution in [-0.4, -0.2) is 35.8 Å². The smallest absolute Gasteiger partial charge is 0.274 e. The number of fused-ring (bicyclic) bond motifs is 1. The van der Waals surface area contributed by atoms with Gasteiger partial charge in [0.1, 0.15) is 11.5 Å².